The maximum absolute atomic E-state index is 10.5. The van der Waals surface area contributed by atoms with Crippen molar-refractivity contribution in [1.29, 1.82) is 0 Å². The van der Waals surface area contributed by atoms with Crippen molar-refractivity contribution in [3.8, 4) is 0 Å². The number of hydrogen-bond acceptors (Lipinski definition) is 4. The largest absolute Gasteiger partial charge is 0.331 e. The van der Waals surface area contributed by atoms with Crippen LogP contribution in [0.2, 0.25) is 0 Å². The lowest BCUT2D eigenvalue weighted by Crippen LogP contribution is -2.39. The number of thiocarbonyl (C=S) groups is 1. The van der Waals surface area contributed by atoms with Crippen molar-refractivity contribution in [3.05, 3.63) is 34.4 Å². The Kier molecular flexibility index (Phi) is 4.16. The molecule has 16 heavy (non-hydrogen) atoms. The number of benzene rings is 1. The van der Waals surface area contributed by atoms with E-state index in [1.54, 1.807) is 6.07 Å². The van der Waals surface area contributed by atoms with E-state index >= 15 is 0 Å². The van der Waals surface area contributed by atoms with E-state index in [1.165, 1.54) is 18.2 Å². The van der Waals surface area contributed by atoms with Crippen LogP contribution < -0.4 is 16.2 Å². The molecule has 0 unspecified atom stereocenters. The molecule has 8 heteroatoms. The molecule has 0 saturated carbocycles. The third-order valence-corrected chi connectivity index (χ3v) is 1.76. The highest BCUT2D eigenvalue weighted by molar-refractivity contribution is 7.80. The van der Waals surface area contributed by atoms with Gasteiger partial charge in [-0.2, -0.15) is 0 Å². The zero-order chi connectivity index (χ0) is 12.0. The quantitative estimate of drug-likeness (QED) is 0.308. The molecule has 0 fully saturated rings. The van der Waals surface area contributed by atoms with Gasteiger partial charge in [-0.15, -0.1) is 0 Å². The average molecular weight is 240 g/mol. The van der Waals surface area contributed by atoms with Crippen LogP contribution in [-0.2, 0) is 4.79 Å². The first-order valence-corrected chi connectivity index (χ1v) is 4.55. The van der Waals surface area contributed by atoms with Crippen LogP contribution in [0.25, 0.3) is 0 Å². The van der Waals surface area contributed by atoms with Crippen LogP contribution in [-0.4, -0.2) is 16.4 Å². The fraction of sp³-hybridized carbons (Fsp3) is 0. The first kappa shape index (κ1) is 11.9. The molecule has 1 amide bonds. The second kappa shape index (κ2) is 5.61. The smallest absolute Gasteiger partial charge is 0.271 e. The molecule has 0 aliphatic carbocycles. The lowest BCUT2D eigenvalue weighted by Gasteiger charge is -2.08. The highest BCUT2D eigenvalue weighted by atomic mass is 32.1. The lowest BCUT2D eigenvalue weighted by atomic mass is 10.3. The van der Waals surface area contributed by atoms with Crippen LogP contribution in [0, 0.1) is 10.1 Å². The zero-order valence-corrected chi connectivity index (χ0v) is 8.78. The molecule has 0 spiro atoms. The molecule has 1 aromatic carbocycles. The first-order valence-electron chi connectivity index (χ1n) is 4.14. The van der Waals surface area contributed by atoms with Crippen LogP contribution in [0.15, 0.2) is 24.3 Å². The van der Waals surface area contributed by atoms with Gasteiger partial charge in [0.25, 0.3) is 5.69 Å². The Morgan fingerprint density at radius 2 is 2.25 bits per heavy atom. The van der Waals surface area contributed by atoms with E-state index in [0.29, 0.717) is 12.1 Å². The molecule has 3 N–H and O–H groups in total. The summed E-state index contributed by atoms with van der Waals surface area (Å²) in [5.41, 5.74) is 4.91. The minimum absolute atomic E-state index is 0.0452. The Morgan fingerprint density at radius 3 is 2.88 bits per heavy atom. The van der Waals surface area contributed by atoms with E-state index in [9.17, 15) is 14.9 Å². The van der Waals surface area contributed by atoms with Gasteiger partial charge in [0.1, 0.15) is 0 Å². The fourth-order valence-electron chi connectivity index (χ4n) is 0.955. The minimum atomic E-state index is -0.509. The van der Waals surface area contributed by atoms with Gasteiger partial charge in [0, 0.05) is 17.8 Å². The first-order chi connectivity index (χ1) is 7.63. The number of nitrogens with one attached hydrogen (secondary N) is 3. The predicted molar refractivity (Wildman–Crippen MR) is 61.7 cm³/mol. The predicted octanol–water partition coefficient (Wildman–Crippen LogP) is 0.542. The van der Waals surface area contributed by atoms with Crippen LogP contribution in [0.3, 0.4) is 0 Å². The number of nitro groups is 1. The van der Waals surface area contributed by atoms with Crippen LogP contribution >= 0.6 is 12.2 Å². The van der Waals surface area contributed by atoms with Gasteiger partial charge in [-0.05, 0) is 18.3 Å². The number of nitro benzene ring substituents is 1. The molecule has 0 atom stereocenters. The van der Waals surface area contributed by atoms with E-state index in [2.05, 4.69) is 16.2 Å². The third kappa shape index (κ3) is 3.50. The molecule has 1 aromatic rings. The number of nitrogens with zero attached hydrogens (tertiary/aromatic N) is 1. The number of hydrazine groups is 1. The number of carbonyl (C=O) groups excluding carboxylic acids is 1. The molecular weight excluding hydrogens is 232 g/mol. The highest BCUT2D eigenvalue weighted by Gasteiger charge is 2.05. The second-order valence-electron chi connectivity index (χ2n) is 2.65. The number of non-ortho nitro benzene ring substituents is 1. The van der Waals surface area contributed by atoms with Crippen molar-refractivity contribution in [2.24, 2.45) is 0 Å². The molecule has 0 radical (unpaired) electrons. The topological polar surface area (TPSA) is 96.3 Å². The number of carbonyl (C=O) groups is 1. The number of hydrogen-bond donors (Lipinski definition) is 3. The van der Waals surface area contributed by atoms with Crippen molar-refractivity contribution in [3.63, 3.8) is 0 Å². The maximum atomic E-state index is 10.5. The van der Waals surface area contributed by atoms with Crippen molar-refractivity contribution in [2.45, 2.75) is 0 Å². The number of amides is 1. The molecule has 0 saturated heterocycles. The van der Waals surface area contributed by atoms with Gasteiger partial charge in [-0.3, -0.25) is 25.8 Å². The summed E-state index contributed by atoms with van der Waals surface area (Å²) in [5, 5.41) is 13.3. The zero-order valence-electron chi connectivity index (χ0n) is 7.97. The molecular formula is C8H8N4O3S. The van der Waals surface area contributed by atoms with Crippen molar-refractivity contribution in [1.82, 2.24) is 10.9 Å². The van der Waals surface area contributed by atoms with Gasteiger partial charge < -0.3 is 5.32 Å². The third-order valence-electron chi connectivity index (χ3n) is 1.56. The second-order valence-corrected chi connectivity index (χ2v) is 3.06. The van der Waals surface area contributed by atoms with E-state index in [1.807, 2.05) is 0 Å². The van der Waals surface area contributed by atoms with Crippen LogP contribution in [0.5, 0.6) is 0 Å². The Hall–Kier alpha value is -2.22. The van der Waals surface area contributed by atoms with E-state index in [-0.39, 0.29) is 10.8 Å². The average Bonchev–Trinajstić information content (AvgIpc) is 2.26. The summed E-state index contributed by atoms with van der Waals surface area (Å²) < 4.78 is 0. The lowest BCUT2D eigenvalue weighted by molar-refractivity contribution is -0.384. The monoisotopic (exact) mass is 240 g/mol. The molecule has 84 valence electrons. The molecule has 0 aromatic heterocycles. The molecule has 0 aliphatic rings. The molecule has 1 rings (SSSR count). The van der Waals surface area contributed by atoms with E-state index < -0.39 is 4.92 Å². The number of anilines is 1. The minimum Gasteiger partial charge on any atom is -0.331 e. The molecule has 0 heterocycles. The van der Waals surface area contributed by atoms with Gasteiger partial charge >= 0.3 is 0 Å². The summed E-state index contributed by atoms with van der Waals surface area (Å²) in [6, 6.07) is 5.83. The summed E-state index contributed by atoms with van der Waals surface area (Å²) in [6.45, 7) is 0. The molecule has 0 bridgehead atoms. The summed E-state index contributed by atoms with van der Waals surface area (Å²) in [5.74, 6) is 0. The standard InChI is InChI=1S/C8H8N4O3S/c13-5-9-11-8(16)10-6-2-1-3-7(4-6)12(14)15/h1-5H,(H,9,13)(H2,10,11,16). The van der Waals surface area contributed by atoms with Gasteiger partial charge in [0.15, 0.2) is 5.11 Å². The summed E-state index contributed by atoms with van der Waals surface area (Å²) >= 11 is 4.80. The van der Waals surface area contributed by atoms with E-state index in [4.69, 9.17) is 12.2 Å². The SMILES string of the molecule is O=CNNC(=S)Nc1cccc([N+](=O)[O-])c1. The normalized spacial score (nSPS) is 9.00. The van der Waals surface area contributed by atoms with Gasteiger partial charge in [-0.1, -0.05) is 6.07 Å². The summed E-state index contributed by atoms with van der Waals surface area (Å²) in [6.07, 6.45) is 0.418. The molecule has 7 nitrogen and oxygen atoms in total. The van der Waals surface area contributed by atoms with Crippen molar-refractivity contribution >= 4 is 35.1 Å². The summed E-state index contributed by atoms with van der Waals surface area (Å²) in [4.78, 5) is 19.9. The molecule has 0 aliphatic heterocycles. The summed E-state index contributed by atoms with van der Waals surface area (Å²) in [7, 11) is 0. The van der Waals surface area contributed by atoms with Gasteiger partial charge in [-0.25, -0.2) is 0 Å². The van der Waals surface area contributed by atoms with Crippen LogP contribution in [0.4, 0.5) is 11.4 Å². The highest BCUT2D eigenvalue weighted by Crippen LogP contribution is 2.16. The Bertz CT molecular complexity index is 423. The Morgan fingerprint density at radius 1 is 1.50 bits per heavy atom. The van der Waals surface area contributed by atoms with E-state index in [0.717, 1.165) is 0 Å². The van der Waals surface area contributed by atoms with Crippen molar-refractivity contribution < 1.29 is 9.72 Å². The fourth-order valence-corrected chi connectivity index (χ4v) is 1.13. The Labute approximate surface area is 96.0 Å². The Balaban J connectivity index is 2.66. The van der Waals surface area contributed by atoms with Gasteiger partial charge in [0.05, 0.1) is 4.92 Å². The maximum Gasteiger partial charge on any atom is 0.271 e. The number of rotatable bonds is 4. The van der Waals surface area contributed by atoms with Crippen molar-refractivity contribution in [2.75, 3.05) is 5.32 Å². The van der Waals surface area contributed by atoms with Gasteiger partial charge in [0.2, 0.25) is 6.41 Å². The van der Waals surface area contributed by atoms with Crippen LogP contribution in [0.1, 0.15) is 0 Å².